The molecule has 1 N–H and O–H groups in total. The van der Waals surface area contributed by atoms with Gasteiger partial charge in [-0.1, -0.05) is 19.1 Å². The van der Waals surface area contributed by atoms with Crippen molar-refractivity contribution in [3.8, 4) is 0 Å². The Hall–Kier alpha value is -2.14. The third kappa shape index (κ3) is 5.92. The second kappa shape index (κ2) is 9.57. The van der Waals surface area contributed by atoms with Crippen LogP contribution < -0.4 is 5.32 Å². The second-order valence-corrected chi connectivity index (χ2v) is 8.54. The normalized spacial score (nSPS) is 16.4. The number of piperidine rings is 1. The fourth-order valence-electron chi connectivity index (χ4n) is 2.97. The first-order valence-corrected chi connectivity index (χ1v) is 10.6. The van der Waals surface area contributed by atoms with Crippen LogP contribution in [0.5, 0.6) is 0 Å². The van der Waals surface area contributed by atoms with Crippen LogP contribution in [0.4, 0.5) is 13.2 Å². The monoisotopic (exact) mass is 436 g/mol. The number of halogens is 3. The second-order valence-electron chi connectivity index (χ2n) is 6.63. The Morgan fingerprint density at radius 1 is 1.21 bits per heavy atom. The number of rotatable bonds is 7. The van der Waals surface area contributed by atoms with E-state index in [4.69, 9.17) is 4.74 Å². The number of ether oxygens (including phenoxy) is 1. The van der Waals surface area contributed by atoms with E-state index >= 15 is 0 Å². The number of nitrogens with zero attached hydrogens (tertiary/aromatic N) is 1. The molecule has 1 heterocycles. The summed E-state index contributed by atoms with van der Waals surface area (Å²) in [6, 6.07) is 4.00. The van der Waals surface area contributed by atoms with E-state index in [0.29, 0.717) is 6.54 Å². The third-order valence-corrected chi connectivity index (χ3v) is 6.47. The number of hydrogen-bond acceptors (Lipinski definition) is 5. The molecule has 0 atom stereocenters. The van der Waals surface area contributed by atoms with Crippen molar-refractivity contribution in [3.05, 3.63) is 29.8 Å². The summed E-state index contributed by atoms with van der Waals surface area (Å²) in [7, 11) is -4.36. The molecule has 2 rings (SSSR count). The Morgan fingerprint density at radius 3 is 2.41 bits per heavy atom. The maximum absolute atomic E-state index is 13.2. The van der Waals surface area contributed by atoms with Gasteiger partial charge in [0, 0.05) is 19.6 Å². The molecule has 0 aromatic heterocycles. The van der Waals surface area contributed by atoms with Crippen molar-refractivity contribution in [2.45, 2.75) is 37.3 Å². The van der Waals surface area contributed by atoms with Gasteiger partial charge in [-0.3, -0.25) is 9.59 Å². The summed E-state index contributed by atoms with van der Waals surface area (Å²) >= 11 is 0. The molecular weight excluding hydrogens is 413 g/mol. The van der Waals surface area contributed by atoms with Gasteiger partial charge in [0.2, 0.25) is 10.0 Å². The lowest BCUT2D eigenvalue weighted by atomic mass is 9.98. The van der Waals surface area contributed by atoms with E-state index in [-0.39, 0.29) is 25.9 Å². The van der Waals surface area contributed by atoms with Gasteiger partial charge in [-0.25, -0.2) is 8.42 Å². The lowest BCUT2D eigenvalue weighted by Gasteiger charge is -2.30. The van der Waals surface area contributed by atoms with Crippen LogP contribution >= 0.6 is 0 Å². The van der Waals surface area contributed by atoms with Gasteiger partial charge < -0.3 is 10.1 Å². The van der Waals surface area contributed by atoms with Crippen LogP contribution in [-0.2, 0) is 30.5 Å². The van der Waals surface area contributed by atoms with E-state index < -0.39 is 51.1 Å². The summed E-state index contributed by atoms with van der Waals surface area (Å²) in [5.74, 6) is -1.66. The molecule has 1 aliphatic heterocycles. The molecule has 0 aliphatic carbocycles. The first kappa shape index (κ1) is 23.1. The zero-order valence-electron chi connectivity index (χ0n) is 15.9. The lowest BCUT2D eigenvalue weighted by Crippen LogP contribution is -2.41. The van der Waals surface area contributed by atoms with Crippen LogP contribution in [-0.4, -0.2) is 50.8 Å². The highest BCUT2D eigenvalue weighted by molar-refractivity contribution is 7.89. The van der Waals surface area contributed by atoms with Gasteiger partial charge in [-0.2, -0.15) is 17.5 Å². The van der Waals surface area contributed by atoms with E-state index in [1.54, 1.807) is 0 Å². The van der Waals surface area contributed by atoms with Gasteiger partial charge >= 0.3 is 12.1 Å². The molecule has 1 amide bonds. The average molecular weight is 436 g/mol. The third-order valence-electron chi connectivity index (χ3n) is 4.52. The van der Waals surface area contributed by atoms with Crippen LogP contribution in [0.2, 0.25) is 0 Å². The first-order chi connectivity index (χ1) is 13.6. The summed E-state index contributed by atoms with van der Waals surface area (Å²) < 4.78 is 70.8. The Balaban J connectivity index is 1.99. The van der Waals surface area contributed by atoms with Crippen molar-refractivity contribution < 1.29 is 35.9 Å². The minimum Gasteiger partial charge on any atom is -0.455 e. The number of carbonyl (C=O) groups excluding carboxylic acids is 2. The molecule has 29 heavy (non-hydrogen) atoms. The number of carbonyl (C=O) groups is 2. The number of nitrogens with one attached hydrogen (secondary N) is 1. The summed E-state index contributed by atoms with van der Waals surface area (Å²) in [5.41, 5.74) is -1.22. The van der Waals surface area contributed by atoms with Gasteiger partial charge in [0.1, 0.15) is 0 Å². The van der Waals surface area contributed by atoms with Crippen molar-refractivity contribution in [1.82, 2.24) is 9.62 Å². The Bertz CT molecular complexity index is 834. The minimum atomic E-state index is -4.80. The topological polar surface area (TPSA) is 92.8 Å². The van der Waals surface area contributed by atoms with Crippen molar-refractivity contribution in [3.63, 3.8) is 0 Å². The Labute approximate surface area is 167 Å². The van der Waals surface area contributed by atoms with Crippen LogP contribution in [0, 0.1) is 5.92 Å². The fraction of sp³-hybridized carbons (Fsp3) is 0.556. The molecular formula is C18H23F3N2O5S. The molecule has 1 fully saturated rings. The van der Waals surface area contributed by atoms with Crippen LogP contribution in [0.1, 0.15) is 31.7 Å². The SMILES string of the molecule is CCCNC(=O)COC(=O)C1CCN(S(=O)(=O)c2ccccc2C(F)(F)F)CC1. The van der Waals surface area contributed by atoms with Gasteiger partial charge in [0.05, 0.1) is 16.4 Å². The quantitative estimate of drug-likeness (QED) is 0.662. The van der Waals surface area contributed by atoms with Gasteiger partial charge in [-0.05, 0) is 31.4 Å². The van der Waals surface area contributed by atoms with Crippen LogP contribution in [0.15, 0.2) is 29.2 Å². The highest BCUT2D eigenvalue weighted by Crippen LogP contribution is 2.36. The molecule has 162 valence electrons. The number of esters is 1. The number of amides is 1. The highest BCUT2D eigenvalue weighted by atomic mass is 32.2. The maximum atomic E-state index is 13.2. The summed E-state index contributed by atoms with van der Waals surface area (Å²) in [4.78, 5) is 22.7. The smallest absolute Gasteiger partial charge is 0.417 e. The molecule has 0 saturated carbocycles. The lowest BCUT2D eigenvalue weighted by molar-refractivity contribution is -0.153. The van der Waals surface area contributed by atoms with E-state index in [2.05, 4.69) is 5.32 Å². The van der Waals surface area contributed by atoms with Crippen molar-refractivity contribution >= 4 is 21.9 Å². The zero-order valence-corrected chi connectivity index (χ0v) is 16.7. The van der Waals surface area contributed by atoms with Gasteiger partial charge in [-0.15, -0.1) is 0 Å². The van der Waals surface area contributed by atoms with E-state index in [9.17, 15) is 31.2 Å². The van der Waals surface area contributed by atoms with Crippen molar-refractivity contribution in [2.24, 2.45) is 5.92 Å². The molecule has 1 aliphatic rings. The Kier molecular flexibility index (Phi) is 7.64. The molecule has 0 bridgehead atoms. The molecule has 0 spiro atoms. The number of hydrogen-bond donors (Lipinski definition) is 1. The molecule has 7 nitrogen and oxygen atoms in total. The fourth-order valence-corrected chi connectivity index (χ4v) is 4.65. The molecule has 1 saturated heterocycles. The largest absolute Gasteiger partial charge is 0.455 e. The minimum absolute atomic E-state index is 0.100. The molecule has 1 aromatic rings. The van der Waals surface area contributed by atoms with Gasteiger partial charge in [0.25, 0.3) is 5.91 Å². The number of sulfonamides is 1. The summed E-state index contributed by atoms with van der Waals surface area (Å²) in [6.45, 7) is 1.69. The maximum Gasteiger partial charge on any atom is 0.417 e. The van der Waals surface area contributed by atoms with Crippen LogP contribution in [0.3, 0.4) is 0 Å². The summed E-state index contributed by atoms with van der Waals surface area (Å²) in [6.07, 6.45) is -3.86. The zero-order chi connectivity index (χ0) is 21.7. The van der Waals surface area contributed by atoms with E-state index in [1.165, 1.54) is 6.07 Å². The first-order valence-electron chi connectivity index (χ1n) is 9.17. The standard InChI is InChI=1S/C18H23F3N2O5S/c1-2-9-22-16(24)12-28-17(25)13-7-10-23(11-8-13)29(26,27)15-6-4-3-5-14(15)18(19,20)21/h3-6,13H,2,7-12H2,1H3,(H,22,24). The Morgan fingerprint density at radius 2 is 1.83 bits per heavy atom. The predicted octanol–water partition coefficient (Wildman–Crippen LogP) is 2.18. The summed E-state index contributed by atoms with van der Waals surface area (Å²) in [5, 5.41) is 2.56. The average Bonchev–Trinajstić information content (AvgIpc) is 2.69. The molecule has 11 heteroatoms. The number of alkyl halides is 3. The van der Waals surface area contributed by atoms with E-state index in [0.717, 1.165) is 28.9 Å². The van der Waals surface area contributed by atoms with Crippen molar-refractivity contribution in [1.29, 1.82) is 0 Å². The predicted molar refractivity (Wildman–Crippen MR) is 97.2 cm³/mol. The van der Waals surface area contributed by atoms with Crippen molar-refractivity contribution in [2.75, 3.05) is 26.2 Å². The van der Waals surface area contributed by atoms with Crippen LogP contribution in [0.25, 0.3) is 0 Å². The molecule has 0 unspecified atom stereocenters. The molecule has 1 aromatic carbocycles. The van der Waals surface area contributed by atoms with E-state index in [1.807, 2.05) is 6.92 Å². The number of benzene rings is 1. The molecule has 0 radical (unpaired) electrons. The van der Waals surface area contributed by atoms with Gasteiger partial charge in [0.15, 0.2) is 6.61 Å². The highest BCUT2D eigenvalue weighted by Gasteiger charge is 2.40.